The summed E-state index contributed by atoms with van der Waals surface area (Å²) in [7, 11) is 0. The van der Waals surface area contributed by atoms with Crippen molar-refractivity contribution in [3.05, 3.63) is 65.2 Å². The van der Waals surface area contributed by atoms with Crippen LogP contribution >= 0.6 is 11.8 Å². The summed E-state index contributed by atoms with van der Waals surface area (Å²) in [4.78, 5) is 16.8. The maximum atomic E-state index is 12.5. The molecule has 2 aromatic rings. The summed E-state index contributed by atoms with van der Waals surface area (Å²) in [5.41, 5.74) is 3.18. The van der Waals surface area contributed by atoms with E-state index in [9.17, 15) is 4.79 Å². The molecule has 1 amide bonds. The van der Waals surface area contributed by atoms with Crippen LogP contribution in [0, 0.1) is 18.4 Å². The molecule has 0 bridgehead atoms. The quantitative estimate of drug-likeness (QED) is 0.388. The number of amides is 1. The molecule has 122 valence electrons. The molecular weight excluding hydrogens is 320 g/mol. The highest BCUT2D eigenvalue weighted by Crippen LogP contribution is 2.20. The van der Waals surface area contributed by atoms with E-state index in [-0.39, 0.29) is 5.91 Å². The van der Waals surface area contributed by atoms with Crippen LogP contribution in [0.4, 0.5) is 5.69 Å². The second-order valence-electron chi connectivity index (χ2n) is 5.05. The third-order valence-electron chi connectivity index (χ3n) is 3.26. The number of nitrogens with one attached hydrogen (secondary N) is 2. The van der Waals surface area contributed by atoms with Gasteiger partial charge in [-0.15, -0.1) is 0 Å². The summed E-state index contributed by atoms with van der Waals surface area (Å²) in [6.45, 7) is 2.46. The van der Waals surface area contributed by atoms with Crippen molar-refractivity contribution in [1.29, 1.82) is 5.26 Å². The summed E-state index contributed by atoms with van der Waals surface area (Å²) in [5, 5.41) is 14.6. The SMILES string of the molecule is CSC(=Nc1ccccc1C(=O)NCc1cccc(C)c1)NC#N. The Balaban J connectivity index is 2.16. The molecule has 0 aliphatic heterocycles. The van der Waals surface area contributed by atoms with Crippen LogP contribution in [0.1, 0.15) is 21.5 Å². The number of amidine groups is 1. The molecule has 0 atom stereocenters. The Morgan fingerprint density at radius 1 is 1.25 bits per heavy atom. The molecule has 2 aromatic carbocycles. The van der Waals surface area contributed by atoms with Gasteiger partial charge in [-0.1, -0.05) is 53.7 Å². The number of aryl methyl sites for hydroxylation is 1. The molecule has 0 saturated carbocycles. The van der Waals surface area contributed by atoms with Gasteiger partial charge in [0.1, 0.15) is 0 Å². The lowest BCUT2D eigenvalue weighted by molar-refractivity contribution is 0.0951. The fourth-order valence-corrected chi connectivity index (χ4v) is 2.48. The van der Waals surface area contributed by atoms with E-state index in [1.807, 2.05) is 43.6 Å². The molecule has 0 aromatic heterocycles. The molecular formula is C18H18N4OS. The van der Waals surface area contributed by atoms with E-state index >= 15 is 0 Å². The Labute approximate surface area is 145 Å². The zero-order valence-corrected chi connectivity index (χ0v) is 14.4. The average Bonchev–Trinajstić information content (AvgIpc) is 2.60. The smallest absolute Gasteiger partial charge is 0.253 e. The Morgan fingerprint density at radius 2 is 2.04 bits per heavy atom. The number of thioether (sulfide) groups is 1. The van der Waals surface area contributed by atoms with Gasteiger partial charge in [0.05, 0.1) is 11.3 Å². The first-order valence-electron chi connectivity index (χ1n) is 7.34. The zero-order valence-electron chi connectivity index (χ0n) is 13.5. The summed E-state index contributed by atoms with van der Waals surface area (Å²) in [6, 6.07) is 15.0. The average molecular weight is 338 g/mol. The number of hydrogen-bond acceptors (Lipinski definition) is 4. The minimum absolute atomic E-state index is 0.201. The first-order chi connectivity index (χ1) is 11.6. The normalized spacial score (nSPS) is 10.8. The Bertz CT molecular complexity index is 796. The van der Waals surface area contributed by atoms with Gasteiger partial charge in [-0.25, -0.2) is 4.99 Å². The lowest BCUT2D eigenvalue weighted by Gasteiger charge is -2.09. The van der Waals surface area contributed by atoms with E-state index in [1.165, 1.54) is 11.8 Å². The van der Waals surface area contributed by atoms with Crippen LogP contribution in [-0.2, 0) is 6.54 Å². The van der Waals surface area contributed by atoms with Crippen LogP contribution in [0.3, 0.4) is 0 Å². The molecule has 0 fully saturated rings. The van der Waals surface area contributed by atoms with Crippen molar-refractivity contribution < 1.29 is 4.79 Å². The number of aliphatic imine (C=N–C) groups is 1. The maximum Gasteiger partial charge on any atom is 0.253 e. The van der Waals surface area contributed by atoms with Gasteiger partial charge in [-0.05, 0) is 30.9 Å². The lowest BCUT2D eigenvalue weighted by atomic mass is 10.1. The monoisotopic (exact) mass is 338 g/mol. The van der Waals surface area contributed by atoms with E-state index in [2.05, 4.69) is 15.6 Å². The molecule has 24 heavy (non-hydrogen) atoms. The van der Waals surface area contributed by atoms with Crippen molar-refractivity contribution in [3.8, 4) is 6.19 Å². The fraction of sp³-hybridized carbons (Fsp3) is 0.167. The van der Waals surface area contributed by atoms with E-state index in [4.69, 9.17) is 5.26 Å². The van der Waals surface area contributed by atoms with Crippen LogP contribution in [-0.4, -0.2) is 17.3 Å². The zero-order chi connectivity index (χ0) is 17.4. The first kappa shape index (κ1) is 17.6. The van der Waals surface area contributed by atoms with Gasteiger partial charge in [-0.2, -0.15) is 5.26 Å². The number of para-hydroxylation sites is 1. The summed E-state index contributed by atoms with van der Waals surface area (Å²) < 4.78 is 0. The van der Waals surface area contributed by atoms with Crippen LogP contribution in [0.25, 0.3) is 0 Å². The fourth-order valence-electron chi connectivity index (χ4n) is 2.14. The molecule has 0 radical (unpaired) electrons. The number of nitriles is 1. The second-order valence-corrected chi connectivity index (χ2v) is 5.84. The molecule has 0 spiro atoms. The predicted molar refractivity (Wildman–Crippen MR) is 98.1 cm³/mol. The summed E-state index contributed by atoms with van der Waals surface area (Å²) in [6.07, 6.45) is 3.65. The van der Waals surface area contributed by atoms with E-state index < -0.39 is 0 Å². The highest BCUT2D eigenvalue weighted by molar-refractivity contribution is 8.13. The van der Waals surface area contributed by atoms with E-state index in [0.29, 0.717) is 23.0 Å². The highest BCUT2D eigenvalue weighted by Gasteiger charge is 2.11. The van der Waals surface area contributed by atoms with Crippen LogP contribution in [0.15, 0.2) is 53.5 Å². The summed E-state index contributed by atoms with van der Waals surface area (Å²) >= 11 is 1.31. The van der Waals surface area contributed by atoms with Gasteiger partial charge < -0.3 is 5.32 Å². The number of nitrogens with zero attached hydrogens (tertiary/aromatic N) is 2. The van der Waals surface area contributed by atoms with Crippen molar-refractivity contribution >= 4 is 28.5 Å². The predicted octanol–water partition coefficient (Wildman–Crippen LogP) is 3.35. The van der Waals surface area contributed by atoms with Crippen LogP contribution < -0.4 is 10.6 Å². The highest BCUT2D eigenvalue weighted by atomic mass is 32.2. The Morgan fingerprint density at radius 3 is 2.75 bits per heavy atom. The minimum atomic E-state index is -0.201. The molecule has 0 unspecified atom stereocenters. The largest absolute Gasteiger partial charge is 0.348 e. The van der Waals surface area contributed by atoms with Gasteiger partial charge in [0.15, 0.2) is 11.4 Å². The van der Waals surface area contributed by atoms with Gasteiger partial charge in [0, 0.05) is 6.54 Å². The van der Waals surface area contributed by atoms with Crippen molar-refractivity contribution in [2.24, 2.45) is 4.99 Å². The topological polar surface area (TPSA) is 77.3 Å². The maximum absolute atomic E-state index is 12.5. The molecule has 2 rings (SSSR count). The second kappa shape index (κ2) is 8.75. The van der Waals surface area contributed by atoms with Gasteiger partial charge in [0.25, 0.3) is 5.91 Å². The van der Waals surface area contributed by atoms with E-state index in [0.717, 1.165) is 11.1 Å². The lowest BCUT2D eigenvalue weighted by Crippen LogP contribution is -2.23. The van der Waals surface area contributed by atoms with E-state index in [1.54, 1.807) is 24.3 Å². The number of carbonyl (C=O) groups excluding carboxylic acids is 1. The third-order valence-corrected chi connectivity index (χ3v) is 3.84. The van der Waals surface area contributed by atoms with Gasteiger partial charge in [0.2, 0.25) is 0 Å². The third kappa shape index (κ3) is 4.86. The number of rotatable bonds is 4. The van der Waals surface area contributed by atoms with Crippen molar-refractivity contribution in [2.75, 3.05) is 6.26 Å². The molecule has 2 N–H and O–H groups in total. The van der Waals surface area contributed by atoms with Crippen LogP contribution in [0.2, 0.25) is 0 Å². The molecule has 0 aliphatic carbocycles. The van der Waals surface area contributed by atoms with Crippen LogP contribution in [0.5, 0.6) is 0 Å². The Kier molecular flexibility index (Phi) is 6.41. The molecule has 0 heterocycles. The van der Waals surface area contributed by atoms with Crippen molar-refractivity contribution in [1.82, 2.24) is 10.6 Å². The summed E-state index contributed by atoms with van der Waals surface area (Å²) in [5.74, 6) is -0.201. The molecule has 0 aliphatic rings. The first-order valence-corrected chi connectivity index (χ1v) is 8.57. The standard InChI is InChI=1S/C18H18N4OS/c1-13-6-5-7-14(10-13)11-20-17(23)15-8-3-4-9-16(15)22-18(24-2)21-12-19/h3-10H,11H2,1-2H3,(H,20,23)(H,21,22). The number of carbonyl (C=O) groups is 1. The number of hydrogen-bond donors (Lipinski definition) is 2. The van der Waals surface area contributed by atoms with Crippen molar-refractivity contribution in [2.45, 2.75) is 13.5 Å². The minimum Gasteiger partial charge on any atom is -0.348 e. The molecule has 6 heteroatoms. The van der Waals surface area contributed by atoms with Gasteiger partial charge >= 0.3 is 0 Å². The van der Waals surface area contributed by atoms with Gasteiger partial charge in [-0.3, -0.25) is 10.1 Å². The molecule has 0 saturated heterocycles. The van der Waals surface area contributed by atoms with Crippen molar-refractivity contribution in [3.63, 3.8) is 0 Å². The molecule has 5 nitrogen and oxygen atoms in total. The Hall–Kier alpha value is -2.78. The number of benzene rings is 2.